The lowest BCUT2D eigenvalue weighted by Gasteiger charge is -2.44. The van der Waals surface area contributed by atoms with Crippen molar-refractivity contribution in [1.82, 2.24) is 15.1 Å². The number of piperidine rings is 1. The second-order valence-electron chi connectivity index (χ2n) is 7.91. The largest absolute Gasteiger partial charge is 0.396 e. The number of ether oxygens (including phenoxy) is 1. The molecule has 0 aliphatic carbocycles. The molecule has 27 heavy (non-hydrogen) atoms. The van der Waals surface area contributed by atoms with Crippen molar-refractivity contribution < 1.29 is 19.4 Å². The van der Waals surface area contributed by atoms with Crippen molar-refractivity contribution in [3.63, 3.8) is 0 Å². The number of likely N-dealkylation sites (tertiary alicyclic amines) is 1. The van der Waals surface area contributed by atoms with Crippen molar-refractivity contribution >= 4 is 11.8 Å². The highest BCUT2D eigenvalue weighted by Crippen LogP contribution is 2.33. The Morgan fingerprint density at radius 1 is 1.30 bits per heavy atom. The third-order valence-corrected chi connectivity index (χ3v) is 5.54. The molecule has 0 radical (unpaired) electrons. The summed E-state index contributed by atoms with van der Waals surface area (Å²) in [6.07, 6.45) is 0.783. The number of benzene rings is 1. The second kappa shape index (κ2) is 8.37. The highest BCUT2D eigenvalue weighted by molar-refractivity contribution is 5.86. The molecule has 0 saturated carbocycles. The van der Waals surface area contributed by atoms with Gasteiger partial charge in [-0.15, -0.1) is 0 Å². The van der Waals surface area contributed by atoms with Crippen LogP contribution in [-0.4, -0.2) is 79.8 Å². The number of nitrogens with zero attached hydrogens (tertiary/aromatic N) is 2. The van der Waals surface area contributed by atoms with E-state index in [9.17, 15) is 14.7 Å². The van der Waals surface area contributed by atoms with E-state index >= 15 is 0 Å². The molecule has 2 aliphatic heterocycles. The Hall–Kier alpha value is -1.96. The lowest BCUT2D eigenvalue weighted by atomic mass is 9.78. The van der Waals surface area contributed by atoms with Crippen LogP contribution in [0.1, 0.15) is 24.4 Å². The van der Waals surface area contributed by atoms with Gasteiger partial charge in [-0.3, -0.25) is 9.59 Å². The molecule has 148 valence electrons. The van der Waals surface area contributed by atoms with Gasteiger partial charge in [-0.25, -0.2) is 0 Å². The highest BCUT2D eigenvalue weighted by Gasteiger charge is 2.41. The van der Waals surface area contributed by atoms with Crippen LogP contribution in [0.4, 0.5) is 0 Å². The number of morpholine rings is 1. The van der Waals surface area contributed by atoms with Gasteiger partial charge in [-0.2, -0.15) is 0 Å². The van der Waals surface area contributed by atoms with Crippen LogP contribution < -0.4 is 5.32 Å². The summed E-state index contributed by atoms with van der Waals surface area (Å²) in [6.45, 7) is 1.99. The van der Waals surface area contributed by atoms with Crippen LogP contribution in [0.15, 0.2) is 30.3 Å². The summed E-state index contributed by atoms with van der Waals surface area (Å²) in [5.74, 6) is -0.308. The van der Waals surface area contributed by atoms with E-state index in [0.29, 0.717) is 13.1 Å². The lowest BCUT2D eigenvalue weighted by molar-refractivity contribution is -0.157. The fourth-order valence-corrected chi connectivity index (χ4v) is 4.10. The third kappa shape index (κ3) is 4.48. The van der Waals surface area contributed by atoms with Crippen LogP contribution in [0.2, 0.25) is 0 Å². The van der Waals surface area contributed by atoms with Crippen LogP contribution in [0.3, 0.4) is 0 Å². The summed E-state index contributed by atoms with van der Waals surface area (Å²) in [5.41, 5.74) is 0.694. The summed E-state index contributed by atoms with van der Waals surface area (Å²) >= 11 is 0. The van der Waals surface area contributed by atoms with Crippen LogP contribution >= 0.6 is 0 Å². The van der Waals surface area contributed by atoms with Crippen molar-refractivity contribution in [1.29, 1.82) is 0 Å². The minimum absolute atomic E-state index is 0.0970. The SMILES string of the molecule is CN(C)CC1(CO)CCN(C(=O)[C@H]2OCC(=O)N[C@@H]2c2ccccc2)CC1. The Morgan fingerprint density at radius 3 is 2.56 bits per heavy atom. The number of rotatable bonds is 5. The molecule has 2 N–H and O–H groups in total. The Bertz CT molecular complexity index is 656. The lowest BCUT2D eigenvalue weighted by Crippen LogP contribution is -2.56. The molecular weight excluding hydrogens is 346 g/mol. The molecule has 2 saturated heterocycles. The quantitative estimate of drug-likeness (QED) is 0.779. The average molecular weight is 375 g/mol. The van der Waals surface area contributed by atoms with Crippen molar-refractivity contribution in [3.8, 4) is 0 Å². The zero-order chi connectivity index (χ0) is 19.4. The maximum atomic E-state index is 13.1. The number of aliphatic hydroxyl groups excluding tert-OH is 1. The number of nitrogens with one attached hydrogen (secondary N) is 1. The van der Waals surface area contributed by atoms with Gasteiger partial charge in [0.05, 0.1) is 12.6 Å². The summed E-state index contributed by atoms with van der Waals surface area (Å²) in [5, 5.41) is 12.8. The Kier molecular flexibility index (Phi) is 6.14. The number of hydrogen-bond acceptors (Lipinski definition) is 5. The van der Waals surface area contributed by atoms with E-state index in [1.165, 1.54) is 0 Å². The average Bonchev–Trinajstić information content (AvgIpc) is 2.68. The second-order valence-corrected chi connectivity index (χ2v) is 7.91. The fraction of sp³-hybridized carbons (Fsp3) is 0.600. The first-order valence-electron chi connectivity index (χ1n) is 9.44. The highest BCUT2D eigenvalue weighted by atomic mass is 16.5. The van der Waals surface area contributed by atoms with Gasteiger partial charge in [0, 0.05) is 25.0 Å². The van der Waals surface area contributed by atoms with Gasteiger partial charge < -0.3 is 25.0 Å². The van der Waals surface area contributed by atoms with Gasteiger partial charge in [0.2, 0.25) is 5.91 Å². The molecule has 3 rings (SSSR count). The Balaban J connectivity index is 1.70. The standard InChI is InChI=1S/C20H29N3O4/c1-22(2)13-20(14-24)8-10-23(11-9-20)19(26)18-17(21-16(25)12-27-18)15-6-4-3-5-7-15/h3-7,17-18,24H,8-14H2,1-2H3,(H,21,25)/t17-,18+/m1/s1. The first-order chi connectivity index (χ1) is 12.9. The zero-order valence-corrected chi connectivity index (χ0v) is 16.1. The zero-order valence-electron chi connectivity index (χ0n) is 16.1. The number of carbonyl (C=O) groups is 2. The van der Waals surface area contributed by atoms with E-state index in [4.69, 9.17) is 4.74 Å². The number of amides is 2. The monoisotopic (exact) mass is 375 g/mol. The van der Waals surface area contributed by atoms with E-state index in [-0.39, 0.29) is 30.4 Å². The first kappa shape index (κ1) is 19.8. The van der Waals surface area contributed by atoms with E-state index in [1.807, 2.05) is 49.3 Å². The number of carbonyl (C=O) groups excluding carboxylic acids is 2. The van der Waals surface area contributed by atoms with E-state index in [2.05, 4.69) is 10.2 Å². The minimum Gasteiger partial charge on any atom is -0.396 e. The molecule has 7 heteroatoms. The predicted octanol–water partition coefficient (Wildman–Crippen LogP) is 0.405. The van der Waals surface area contributed by atoms with E-state index in [1.54, 1.807) is 0 Å². The fourth-order valence-electron chi connectivity index (χ4n) is 4.10. The summed E-state index contributed by atoms with van der Waals surface area (Å²) in [4.78, 5) is 28.9. The summed E-state index contributed by atoms with van der Waals surface area (Å²) in [6, 6.07) is 8.97. The minimum atomic E-state index is -0.722. The topological polar surface area (TPSA) is 82.1 Å². The summed E-state index contributed by atoms with van der Waals surface area (Å²) < 4.78 is 5.65. The van der Waals surface area contributed by atoms with Gasteiger partial charge in [0.15, 0.2) is 6.10 Å². The van der Waals surface area contributed by atoms with Crippen molar-refractivity contribution in [2.45, 2.75) is 25.0 Å². The molecule has 2 heterocycles. The molecule has 1 aromatic rings. The molecule has 0 unspecified atom stereocenters. The normalized spacial score (nSPS) is 25.3. The molecule has 2 fully saturated rings. The molecule has 2 atom stereocenters. The molecular formula is C20H29N3O4. The maximum Gasteiger partial charge on any atom is 0.254 e. The Morgan fingerprint density at radius 2 is 1.96 bits per heavy atom. The Labute approximate surface area is 160 Å². The van der Waals surface area contributed by atoms with Gasteiger partial charge in [0.1, 0.15) is 6.61 Å². The van der Waals surface area contributed by atoms with Gasteiger partial charge in [-0.05, 0) is 32.5 Å². The molecule has 7 nitrogen and oxygen atoms in total. The van der Waals surface area contributed by atoms with Crippen LogP contribution in [-0.2, 0) is 14.3 Å². The molecule has 0 spiro atoms. The molecule has 0 aromatic heterocycles. The first-order valence-corrected chi connectivity index (χ1v) is 9.44. The van der Waals surface area contributed by atoms with Crippen molar-refractivity contribution in [3.05, 3.63) is 35.9 Å². The van der Waals surface area contributed by atoms with Crippen molar-refractivity contribution in [2.75, 3.05) is 46.9 Å². The van der Waals surface area contributed by atoms with Gasteiger partial charge >= 0.3 is 0 Å². The third-order valence-electron chi connectivity index (χ3n) is 5.54. The van der Waals surface area contributed by atoms with Crippen LogP contribution in [0, 0.1) is 5.41 Å². The predicted molar refractivity (Wildman–Crippen MR) is 101 cm³/mol. The number of aliphatic hydroxyl groups is 1. The molecule has 2 amide bonds. The van der Waals surface area contributed by atoms with Crippen LogP contribution in [0.5, 0.6) is 0 Å². The van der Waals surface area contributed by atoms with E-state index < -0.39 is 12.1 Å². The van der Waals surface area contributed by atoms with Crippen LogP contribution in [0.25, 0.3) is 0 Å². The molecule has 2 aliphatic rings. The van der Waals surface area contributed by atoms with Gasteiger partial charge in [-0.1, -0.05) is 30.3 Å². The number of hydrogen-bond donors (Lipinski definition) is 2. The van der Waals surface area contributed by atoms with E-state index in [0.717, 1.165) is 24.9 Å². The smallest absolute Gasteiger partial charge is 0.254 e. The van der Waals surface area contributed by atoms with Gasteiger partial charge in [0.25, 0.3) is 5.91 Å². The molecule has 1 aromatic carbocycles. The molecule has 0 bridgehead atoms. The summed E-state index contributed by atoms with van der Waals surface area (Å²) in [7, 11) is 4.00. The maximum absolute atomic E-state index is 13.1. The van der Waals surface area contributed by atoms with Crippen molar-refractivity contribution in [2.24, 2.45) is 5.41 Å².